The first-order chi connectivity index (χ1) is 10.7. The van der Waals surface area contributed by atoms with Gasteiger partial charge in [-0.1, -0.05) is 38.4 Å². The Labute approximate surface area is 144 Å². The van der Waals surface area contributed by atoms with E-state index < -0.39 is 17.3 Å². The highest BCUT2D eigenvalue weighted by atomic mass is 35.5. The summed E-state index contributed by atoms with van der Waals surface area (Å²) in [5.41, 5.74) is 0.192. The molecule has 2 rings (SSSR count). The summed E-state index contributed by atoms with van der Waals surface area (Å²) in [4.78, 5) is 26.4. The maximum absolute atomic E-state index is 13.1. The van der Waals surface area contributed by atoms with Crippen molar-refractivity contribution in [2.45, 2.75) is 33.4 Å². The van der Waals surface area contributed by atoms with Gasteiger partial charge in [-0.15, -0.1) is 11.8 Å². The minimum atomic E-state index is -0.520. The van der Waals surface area contributed by atoms with Crippen LogP contribution in [0, 0.1) is 11.2 Å². The van der Waals surface area contributed by atoms with E-state index >= 15 is 0 Å². The van der Waals surface area contributed by atoms with Gasteiger partial charge in [0.2, 0.25) is 11.8 Å². The molecule has 1 heterocycles. The minimum absolute atomic E-state index is 0.0257. The lowest BCUT2D eigenvalue weighted by atomic mass is 9.94. The lowest BCUT2D eigenvalue weighted by Gasteiger charge is -2.29. The van der Waals surface area contributed by atoms with Gasteiger partial charge >= 0.3 is 0 Å². The molecular weight excluding hydrogens is 339 g/mol. The normalized spacial score (nSPS) is 18.1. The van der Waals surface area contributed by atoms with E-state index in [9.17, 15) is 14.0 Å². The number of hydrogen-bond acceptors (Lipinski definition) is 3. The number of nitrogens with zero attached hydrogens (tertiary/aromatic N) is 1. The van der Waals surface area contributed by atoms with Crippen molar-refractivity contribution >= 4 is 35.2 Å². The minimum Gasteiger partial charge on any atom is -0.350 e. The molecule has 0 saturated carbocycles. The van der Waals surface area contributed by atoms with Crippen LogP contribution in [0.25, 0.3) is 0 Å². The zero-order valence-corrected chi connectivity index (χ0v) is 14.9. The van der Waals surface area contributed by atoms with Gasteiger partial charge in [0.15, 0.2) is 0 Å². The number of nitrogens with one attached hydrogen (secondary N) is 1. The zero-order valence-electron chi connectivity index (χ0n) is 13.4. The Morgan fingerprint density at radius 3 is 2.74 bits per heavy atom. The van der Waals surface area contributed by atoms with Crippen molar-refractivity contribution in [2.75, 3.05) is 11.6 Å². The number of carbonyl (C=O) groups is 2. The van der Waals surface area contributed by atoms with E-state index in [0.29, 0.717) is 17.2 Å². The van der Waals surface area contributed by atoms with Crippen LogP contribution in [-0.2, 0) is 16.1 Å². The Hall–Kier alpha value is -1.27. The first-order valence-corrected chi connectivity index (χ1v) is 8.84. The number of benzene rings is 1. The Bertz CT molecular complexity index is 619. The van der Waals surface area contributed by atoms with Crippen LogP contribution in [-0.4, -0.2) is 34.4 Å². The van der Waals surface area contributed by atoms with E-state index in [0.717, 1.165) is 0 Å². The number of amides is 2. The summed E-state index contributed by atoms with van der Waals surface area (Å²) in [5, 5.41) is 2.82. The summed E-state index contributed by atoms with van der Waals surface area (Å²) in [6.07, 6.45) is 0. The Morgan fingerprint density at radius 1 is 1.43 bits per heavy atom. The molecule has 4 nitrogen and oxygen atoms in total. The highest BCUT2D eigenvalue weighted by Crippen LogP contribution is 2.27. The van der Waals surface area contributed by atoms with Gasteiger partial charge in [-0.3, -0.25) is 9.59 Å². The monoisotopic (exact) mass is 358 g/mol. The van der Waals surface area contributed by atoms with Crippen LogP contribution in [0.15, 0.2) is 18.2 Å². The molecule has 0 aromatic heterocycles. The van der Waals surface area contributed by atoms with Crippen LogP contribution in [0.2, 0.25) is 5.02 Å². The molecular formula is C16H20ClFN2O2S. The first kappa shape index (κ1) is 18.1. The van der Waals surface area contributed by atoms with E-state index in [4.69, 9.17) is 11.6 Å². The van der Waals surface area contributed by atoms with Crippen LogP contribution < -0.4 is 5.32 Å². The zero-order chi connectivity index (χ0) is 17.2. The molecule has 1 N–H and O–H groups in total. The van der Waals surface area contributed by atoms with Crippen molar-refractivity contribution in [3.8, 4) is 0 Å². The predicted octanol–water partition coefficient (Wildman–Crippen LogP) is 3.04. The van der Waals surface area contributed by atoms with Crippen molar-refractivity contribution in [1.29, 1.82) is 0 Å². The Morgan fingerprint density at radius 2 is 2.13 bits per heavy atom. The van der Waals surface area contributed by atoms with Crippen LogP contribution in [0.3, 0.4) is 0 Å². The van der Waals surface area contributed by atoms with E-state index in [1.165, 1.54) is 12.1 Å². The number of rotatable bonds is 3. The third kappa shape index (κ3) is 4.38. The second-order valence-electron chi connectivity index (χ2n) is 6.51. The molecule has 1 atom stereocenters. The van der Waals surface area contributed by atoms with E-state index in [1.54, 1.807) is 22.7 Å². The number of carbonyl (C=O) groups excluding carboxylic acids is 2. The number of halogens is 2. The van der Waals surface area contributed by atoms with Gasteiger partial charge in [-0.2, -0.15) is 0 Å². The molecule has 126 valence electrons. The Balaban J connectivity index is 1.99. The molecule has 23 heavy (non-hydrogen) atoms. The highest BCUT2D eigenvalue weighted by molar-refractivity contribution is 7.99. The van der Waals surface area contributed by atoms with E-state index in [2.05, 4.69) is 5.32 Å². The number of thioether (sulfide) groups is 1. The Kier molecular flexibility index (Phi) is 5.57. The second-order valence-corrected chi connectivity index (χ2v) is 7.91. The molecule has 0 aliphatic carbocycles. The van der Waals surface area contributed by atoms with Crippen molar-refractivity contribution in [2.24, 2.45) is 5.41 Å². The van der Waals surface area contributed by atoms with Crippen LogP contribution in [0.4, 0.5) is 4.39 Å². The largest absolute Gasteiger partial charge is 0.350 e. The third-order valence-corrected chi connectivity index (χ3v) is 4.84. The van der Waals surface area contributed by atoms with Crippen molar-refractivity contribution in [3.05, 3.63) is 34.6 Å². The van der Waals surface area contributed by atoms with Gasteiger partial charge in [0, 0.05) is 17.7 Å². The number of hydrogen-bond donors (Lipinski definition) is 1. The van der Waals surface area contributed by atoms with Crippen molar-refractivity contribution < 1.29 is 14.0 Å². The lowest BCUT2D eigenvalue weighted by molar-refractivity contribution is -0.144. The van der Waals surface area contributed by atoms with Gasteiger partial charge in [0.25, 0.3) is 0 Å². The topological polar surface area (TPSA) is 49.4 Å². The van der Waals surface area contributed by atoms with E-state index in [1.807, 2.05) is 20.8 Å². The van der Waals surface area contributed by atoms with Crippen molar-refractivity contribution in [3.63, 3.8) is 0 Å². The van der Waals surface area contributed by atoms with Crippen molar-refractivity contribution in [1.82, 2.24) is 10.2 Å². The molecule has 0 spiro atoms. The maximum Gasteiger partial charge on any atom is 0.243 e. The standard InChI is InChI=1S/C16H20ClFN2O2S/c1-16(2,3)15(22)20-9-23-8-13(20)14(21)19-7-10-4-5-12(18)11(17)6-10/h4-6,13H,7-9H2,1-3H3,(H,19,21). The summed E-state index contributed by atoms with van der Waals surface area (Å²) in [7, 11) is 0. The molecule has 2 amide bonds. The van der Waals surface area contributed by atoms with Gasteiger partial charge in [-0.05, 0) is 17.7 Å². The van der Waals surface area contributed by atoms with Crippen LogP contribution in [0.5, 0.6) is 0 Å². The molecule has 1 aliphatic heterocycles. The van der Waals surface area contributed by atoms with Crippen LogP contribution in [0.1, 0.15) is 26.3 Å². The molecule has 1 saturated heterocycles. The molecule has 1 aromatic carbocycles. The van der Waals surface area contributed by atoms with Gasteiger partial charge in [0.05, 0.1) is 10.9 Å². The summed E-state index contributed by atoms with van der Waals surface area (Å²) in [6, 6.07) is 3.86. The third-order valence-electron chi connectivity index (χ3n) is 3.54. The van der Waals surface area contributed by atoms with Gasteiger partial charge < -0.3 is 10.2 Å². The molecule has 0 bridgehead atoms. The highest BCUT2D eigenvalue weighted by Gasteiger charge is 2.38. The lowest BCUT2D eigenvalue weighted by Crippen LogP contribution is -2.50. The fourth-order valence-corrected chi connectivity index (χ4v) is 3.60. The molecule has 1 aromatic rings. The summed E-state index contributed by atoms with van der Waals surface area (Å²) in [5.74, 6) is 0.380. The maximum atomic E-state index is 13.1. The average molecular weight is 359 g/mol. The summed E-state index contributed by atoms with van der Waals surface area (Å²) >= 11 is 7.29. The molecule has 7 heteroatoms. The molecule has 1 unspecified atom stereocenters. The molecule has 1 aliphatic rings. The van der Waals surface area contributed by atoms with Crippen LogP contribution >= 0.6 is 23.4 Å². The average Bonchev–Trinajstić information content (AvgIpc) is 2.95. The fourth-order valence-electron chi connectivity index (χ4n) is 2.25. The molecule has 1 fully saturated rings. The summed E-state index contributed by atoms with van der Waals surface area (Å²) in [6.45, 7) is 5.77. The first-order valence-electron chi connectivity index (χ1n) is 7.30. The quantitative estimate of drug-likeness (QED) is 0.903. The predicted molar refractivity (Wildman–Crippen MR) is 90.7 cm³/mol. The smallest absolute Gasteiger partial charge is 0.243 e. The van der Waals surface area contributed by atoms with Gasteiger partial charge in [0.1, 0.15) is 11.9 Å². The second kappa shape index (κ2) is 7.09. The SMILES string of the molecule is CC(C)(C)C(=O)N1CSCC1C(=O)NCc1ccc(F)c(Cl)c1. The fraction of sp³-hybridized carbons (Fsp3) is 0.500. The summed E-state index contributed by atoms with van der Waals surface area (Å²) < 4.78 is 13.1. The van der Waals surface area contributed by atoms with E-state index in [-0.39, 0.29) is 23.4 Å². The van der Waals surface area contributed by atoms with Gasteiger partial charge in [-0.25, -0.2) is 4.39 Å². The molecule has 0 radical (unpaired) electrons.